The molecule has 0 spiro atoms. The van der Waals surface area contributed by atoms with Crippen LogP contribution in [0.3, 0.4) is 0 Å². The smallest absolute Gasteiger partial charge is 0.320 e. The van der Waals surface area contributed by atoms with Gasteiger partial charge in [0.2, 0.25) is 0 Å². The van der Waals surface area contributed by atoms with Crippen molar-refractivity contribution in [3.05, 3.63) is 30.5 Å². The first-order chi connectivity index (χ1) is 13.1. The van der Waals surface area contributed by atoms with Crippen LogP contribution in [-0.2, 0) is 0 Å². The fourth-order valence-electron chi connectivity index (χ4n) is 4.10. The lowest BCUT2D eigenvalue weighted by atomic mass is 10.1. The van der Waals surface area contributed by atoms with E-state index in [1.54, 1.807) is 0 Å². The first-order valence-electron chi connectivity index (χ1n) is 9.95. The van der Waals surface area contributed by atoms with Gasteiger partial charge in [0, 0.05) is 38.3 Å². The minimum absolute atomic E-state index is 0.162. The van der Waals surface area contributed by atoms with Crippen LogP contribution in [0.1, 0.15) is 45.4 Å². The Morgan fingerprint density at radius 2 is 2.19 bits per heavy atom. The van der Waals surface area contributed by atoms with Crippen LogP contribution in [0, 0.1) is 5.92 Å². The molecule has 144 valence electrons. The summed E-state index contributed by atoms with van der Waals surface area (Å²) in [5.41, 5.74) is 2.87. The number of aromatic nitrogens is 4. The summed E-state index contributed by atoms with van der Waals surface area (Å²) < 4.78 is 2.17. The third-order valence-corrected chi connectivity index (χ3v) is 5.73. The number of fused-ring (bicyclic) bond motifs is 3. The van der Waals surface area contributed by atoms with Gasteiger partial charge < -0.3 is 14.8 Å². The van der Waals surface area contributed by atoms with E-state index in [4.69, 9.17) is 4.98 Å². The number of carbonyl (C=O) groups is 1. The number of nitrogens with zero attached hydrogens (tertiary/aromatic N) is 5. The maximum Gasteiger partial charge on any atom is 0.320 e. The molecule has 0 saturated carbocycles. The number of likely N-dealkylation sites (N-methyl/N-ethyl adjacent to an activating group) is 1. The molecule has 2 atom stereocenters. The van der Waals surface area contributed by atoms with Gasteiger partial charge >= 0.3 is 6.03 Å². The van der Waals surface area contributed by atoms with Crippen LogP contribution >= 0.6 is 0 Å². The van der Waals surface area contributed by atoms with Crippen LogP contribution < -0.4 is 0 Å². The second kappa shape index (κ2) is 7.21. The molecule has 1 aliphatic rings. The van der Waals surface area contributed by atoms with Gasteiger partial charge in [-0.15, -0.1) is 0 Å². The summed E-state index contributed by atoms with van der Waals surface area (Å²) >= 11 is 0. The van der Waals surface area contributed by atoms with Gasteiger partial charge in [0.1, 0.15) is 5.82 Å². The molecule has 7 nitrogen and oxygen atoms in total. The van der Waals surface area contributed by atoms with Crippen LogP contribution in [0.15, 0.2) is 24.7 Å². The molecule has 27 heavy (non-hydrogen) atoms. The molecule has 7 heteroatoms. The average Bonchev–Trinajstić information content (AvgIpc) is 3.40. The van der Waals surface area contributed by atoms with Crippen LogP contribution in [0.2, 0.25) is 0 Å². The molecular formula is C20H28N6O. The van der Waals surface area contributed by atoms with Crippen molar-refractivity contribution in [2.45, 2.75) is 39.5 Å². The molecule has 1 fully saturated rings. The van der Waals surface area contributed by atoms with Crippen molar-refractivity contribution < 1.29 is 4.79 Å². The number of urea groups is 1. The van der Waals surface area contributed by atoms with E-state index in [0.29, 0.717) is 19.0 Å². The zero-order valence-electron chi connectivity index (χ0n) is 16.4. The quantitative estimate of drug-likeness (QED) is 0.749. The van der Waals surface area contributed by atoms with Gasteiger partial charge in [-0.2, -0.15) is 0 Å². The Balaban J connectivity index is 1.62. The van der Waals surface area contributed by atoms with E-state index in [9.17, 15) is 4.79 Å². The van der Waals surface area contributed by atoms with Gasteiger partial charge in [-0.25, -0.2) is 14.8 Å². The van der Waals surface area contributed by atoms with Crippen LogP contribution in [0.5, 0.6) is 0 Å². The number of rotatable bonds is 5. The SMILES string of the molecule is CC[C@H](CN(CC)C(=O)N1CC[C@H](C)C1)c1ncc2cnc3[nH]ccc3n12. The van der Waals surface area contributed by atoms with Gasteiger partial charge in [0.25, 0.3) is 0 Å². The van der Waals surface area contributed by atoms with E-state index in [1.165, 1.54) is 0 Å². The summed E-state index contributed by atoms with van der Waals surface area (Å²) in [5.74, 6) is 1.78. The highest BCUT2D eigenvalue weighted by molar-refractivity contribution is 5.76. The highest BCUT2D eigenvalue weighted by atomic mass is 16.2. The monoisotopic (exact) mass is 368 g/mol. The number of H-pyrrole nitrogens is 1. The summed E-state index contributed by atoms with van der Waals surface area (Å²) in [6.07, 6.45) is 7.64. The third kappa shape index (κ3) is 3.15. The molecule has 1 N–H and O–H groups in total. The first-order valence-corrected chi connectivity index (χ1v) is 9.95. The Labute approximate surface area is 159 Å². The second-order valence-electron chi connectivity index (χ2n) is 7.61. The van der Waals surface area contributed by atoms with Crippen LogP contribution in [0.25, 0.3) is 16.7 Å². The van der Waals surface area contributed by atoms with Crippen molar-refractivity contribution in [2.24, 2.45) is 5.92 Å². The summed E-state index contributed by atoms with van der Waals surface area (Å²) in [6.45, 7) is 9.57. The minimum Gasteiger partial charge on any atom is -0.345 e. The van der Waals surface area contributed by atoms with Crippen molar-refractivity contribution in [1.29, 1.82) is 0 Å². The van der Waals surface area contributed by atoms with Gasteiger partial charge in [-0.3, -0.25) is 4.40 Å². The topological polar surface area (TPSA) is 69.5 Å². The molecule has 0 bridgehead atoms. The second-order valence-corrected chi connectivity index (χ2v) is 7.61. The zero-order valence-corrected chi connectivity index (χ0v) is 16.4. The Bertz CT molecular complexity index is 944. The Morgan fingerprint density at radius 3 is 2.89 bits per heavy atom. The Kier molecular flexibility index (Phi) is 4.76. The molecule has 1 saturated heterocycles. The standard InChI is InChI=1S/C20H28N6O/c1-4-15(13-24(5-2)20(27)25-9-7-14(3)12-25)19-23-11-16-10-22-18-17(26(16)19)6-8-21-18/h6,8,10-11,14-15,21H,4-5,7,9,12-13H2,1-3H3/t14-,15+/m0/s1. The molecule has 3 aromatic rings. The third-order valence-electron chi connectivity index (χ3n) is 5.73. The molecular weight excluding hydrogens is 340 g/mol. The van der Waals surface area contributed by atoms with Crippen molar-refractivity contribution in [3.8, 4) is 0 Å². The summed E-state index contributed by atoms with van der Waals surface area (Å²) in [6, 6.07) is 2.19. The van der Waals surface area contributed by atoms with Gasteiger partial charge in [-0.1, -0.05) is 13.8 Å². The van der Waals surface area contributed by atoms with Gasteiger partial charge in [0.05, 0.1) is 23.4 Å². The lowest BCUT2D eigenvalue weighted by molar-refractivity contribution is 0.159. The highest BCUT2D eigenvalue weighted by Crippen LogP contribution is 2.25. The fourth-order valence-corrected chi connectivity index (χ4v) is 4.10. The molecule has 1 aliphatic heterocycles. The molecule has 0 unspecified atom stereocenters. The molecule has 2 amide bonds. The number of imidazole rings is 1. The molecule has 0 aliphatic carbocycles. The van der Waals surface area contributed by atoms with Crippen LogP contribution in [0.4, 0.5) is 4.79 Å². The predicted octanol–water partition coefficient (Wildman–Crippen LogP) is 3.49. The minimum atomic E-state index is 0.162. The highest BCUT2D eigenvalue weighted by Gasteiger charge is 2.29. The zero-order chi connectivity index (χ0) is 19.0. The Morgan fingerprint density at radius 1 is 1.37 bits per heavy atom. The van der Waals surface area contributed by atoms with Crippen molar-refractivity contribution >= 4 is 22.7 Å². The molecule has 0 radical (unpaired) electrons. The number of carbonyl (C=O) groups excluding carboxylic acids is 1. The van der Waals surface area contributed by atoms with E-state index in [1.807, 2.05) is 34.5 Å². The maximum absolute atomic E-state index is 13.0. The summed E-state index contributed by atoms with van der Waals surface area (Å²) in [4.78, 5) is 29.3. The van der Waals surface area contributed by atoms with Crippen molar-refractivity contribution in [1.82, 2.24) is 29.2 Å². The predicted molar refractivity (Wildman–Crippen MR) is 106 cm³/mol. The number of nitrogens with one attached hydrogen (secondary N) is 1. The lowest BCUT2D eigenvalue weighted by Gasteiger charge is -2.30. The molecule has 4 heterocycles. The number of hydrogen-bond acceptors (Lipinski definition) is 3. The van der Waals surface area contributed by atoms with Gasteiger partial charge in [0.15, 0.2) is 5.65 Å². The number of aromatic amines is 1. The van der Waals surface area contributed by atoms with E-state index in [-0.39, 0.29) is 11.9 Å². The van der Waals surface area contributed by atoms with E-state index >= 15 is 0 Å². The van der Waals surface area contributed by atoms with Gasteiger partial charge in [-0.05, 0) is 31.7 Å². The average molecular weight is 368 g/mol. The number of likely N-dealkylation sites (tertiary alicyclic amines) is 1. The Hall–Kier alpha value is -2.57. The first kappa shape index (κ1) is 17.8. The lowest BCUT2D eigenvalue weighted by Crippen LogP contribution is -2.43. The van der Waals surface area contributed by atoms with Crippen molar-refractivity contribution in [2.75, 3.05) is 26.2 Å². The normalized spacial score (nSPS) is 18.5. The molecule has 3 aromatic heterocycles. The summed E-state index contributed by atoms with van der Waals surface area (Å²) in [5, 5.41) is 0. The summed E-state index contributed by atoms with van der Waals surface area (Å²) in [7, 11) is 0. The molecule has 0 aromatic carbocycles. The fraction of sp³-hybridized carbons (Fsp3) is 0.550. The largest absolute Gasteiger partial charge is 0.345 e. The van der Waals surface area contributed by atoms with E-state index in [0.717, 1.165) is 48.4 Å². The number of amides is 2. The van der Waals surface area contributed by atoms with E-state index < -0.39 is 0 Å². The molecule has 4 rings (SSSR count). The number of hydrogen-bond donors (Lipinski definition) is 1. The maximum atomic E-state index is 13.0. The van der Waals surface area contributed by atoms with Crippen molar-refractivity contribution in [3.63, 3.8) is 0 Å². The van der Waals surface area contributed by atoms with Crippen LogP contribution in [-0.4, -0.2) is 61.4 Å². The van der Waals surface area contributed by atoms with E-state index in [2.05, 4.69) is 35.1 Å².